The number of benzene rings is 2. The zero-order valence-electron chi connectivity index (χ0n) is 37.1. The maximum atomic E-state index is 16.3. The molecule has 3 saturated heterocycles. The van der Waals surface area contributed by atoms with Crippen molar-refractivity contribution >= 4 is 68.4 Å². The number of imide groups is 1. The number of pyridine rings is 1. The maximum Gasteiger partial charge on any atom is 0.301 e. The number of nitrogens with zero attached hydrogens (tertiary/aromatic N) is 7. The Labute approximate surface area is 384 Å². The molecule has 14 nitrogen and oxygen atoms in total. The summed E-state index contributed by atoms with van der Waals surface area (Å²) in [5, 5.41) is 14.9. The number of amides is 2. The van der Waals surface area contributed by atoms with Crippen molar-refractivity contribution in [2.45, 2.75) is 107 Å². The fourth-order valence-electron chi connectivity index (χ4n) is 11.8. The molecule has 0 radical (unpaired) electrons. The van der Waals surface area contributed by atoms with E-state index in [1.807, 2.05) is 24.3 Å². The lowest BCUT2D eigenvalue weighted by atomic mass is 9.66. The third-order valence-corrected chi connectivity index (χ3v) is 16.1. The summed E-state index contributed by atoms with van der Waals surface area (Å²) in [5.41, 5.74) is 2.93. The molecule has 2 amide bonds. The van der Waals surface area contributed by atoms with Crippen LogP contribution in [0.15, 0.2) is 41.3 Å². The molecule has 1 unspecified atom stereocenters. The van der Waals surface area contributed by atoms with E-state index in [0.29, 0.717) is 80.8 Å². The normalized spacial score (nSPS) is 23.9. The highest BCUT2D eigenvalue weighted by Crippen LogP contribution is 2.48. The summed E-state index contributed by atoms with van der Waals surface area (Å²) in [6, 6.07) is 8.58. The number of aryl methyl sites for hydroxylation is 2. The van der Waals surface area contributed by atoms with E-state index in [-0.39, 0.29) is 52.7 Å². The van der Waals surface area contributed by atoms with E-state index in [0.717, 1.165) is 77.5 Å². The molecular weight excluding hydrogens is 873 g/mol. The Kier molecular flexibility index (Phi) is 10.7. The molecule has 66 heavy (non-hydrogen) atoms. The summed E-state index contributed by atoms with van der Waals surface area (Å²) >= 11 is 6.67. The van der Waals surface area contributed by atoms with Gasteiger partial charge in [-0.05, 0) is 125 Å². The number of carbonyl (C=O) groups excluding carboxylic acids is 2. The van der Waals surface area contributed by atoms with E-state index in [1.165, 1.54) is 4.57 Å². The molecule has 348 valence electrons. The number of carbonyl (C=O) groups is 2. The molecule has 5 fully saturated rings. The number of aromatic nitrogens is 5. The van der Waals surface area contributed by atoms with Crippen LogP contribution in [0.25, 0.3) is 21.8 Å². The third-order valence-electron chi connectivity index (χ3n) is 15.8. The van der Waals surface area contributed by atoms with E-state index in [9.17, 15) is 14.4 Å². The van der Waals surface area contributed by atoms with Crippen LogP contribution >= 0.6 is 11.6 Å². The molecule has 0 bridgehead atoms. The number of alkyl halides is 2. The molecule has 18 heteroatoms. The van der Waals surface area contributed by atoms with Gasteiger partial charge in [-0.2, -0.15) is 10.1 Å². The van der Waals surface area contributed by atoms with Gasteiger partial charge in [0.25, 0.3) is 5.56 Å². The number of halogens is 4. The zero-order chi connectivity index (χ0) is 45.6. The van der Waals surface area contributed by atoms with Gasteiger partial charge in [-0.25, -0.2) is 18.2 Å². The first-order valence-electron chi connectivity index (χ1n) is 23.5. The first kappa shape index (κ1) is 43.2. The number of fused-ring (bicyclic) bond motifs is 4. The van der Waals surface area contributed by atoms with Gasteiger partial charge in [-0.15, -0.1) is 0 Å². The highest BCUT2D eigenvalue weighted by atomic mass is 35.5. The third kappa shape index (κ3) is 7.63. The molecule has 4 aliphatic heterocycles. The molecule has 1 spiro atoms. The predicted molar refractivity (Wildman–Crippen MR) is 246 cm³/mol. The van der Waals surface area contributed by atoms with Crippen molar-refractivity contribution in [1.29, 1.82) is 0 Å². The molecule has 5 aromatic rings. The van der Waals surface area contributed by atoms with E-state index < -0.39 is 30.0 Å². The number of hydrogen-bond acceptors (Lipinski definition) is 11. The first-order chi connectivity index (χ1) is 31.8. The highest BCUT2D eigenvalue weighted by Gasteiger charge is 2.51. The van der Waals surface area contributed by atoms with Crippen molar-refractivity contribution in [2.24, 2.45) is 25.4 Å². The van der Waals surface area contributed by atoms with Crippen LogP contribution in [0.4, 0.5) is 36.3 Å². The van der Waals surface area contributed by atoms with Gasteiger partial charge in [0.1, 0.15) is 10.5 Å². The Morgan fingerprint density at radius 2 is 1.67 bits per heavy atom. The Balaban J connectivity index is 0.710. The van der Waals surface area contributed by atoms with E-state index in [2.05, 4.69) is 35.8 Å². The summed E-state index contributed by atoms with van der Waals surface area (Å²) in [7, 11) is 3.32. The lowest BCUT2D eigenvalue weighted by Crippen LogP contribution is -2.47. The van der Waals surface area contributed by atoms with E-state index in [4.69, 9.17) is 21.3 Å². The largest absolute Gasteiger partial charge is 0.480 e. The fraction of sp³-hybridized carbons (Fsp3) is 0.542. The van der Waals surface area contributed by atoms with Crippen LogP contribution in [0, 0.1) is 17.2 Å². The summed E-state index contributed by atoms with van der Waals surface area (Å²) in [4.78, 5) is 52.0. The standard InChI is InChI=1S/C48H54ClF3N10O4/c1-59-35-9-5-28(23-33(35)39-41(45(59)65)66-25-48(51,52)42(56-39)27-3-4-27)54-43-34(49)24-53-46(57-43)62-21-17-47(18-22-62)15-11-29(12-16-47)61-19-13-26(14-20-61)30-6-7-31-38(58-60(2)40(31)37(30)50)32-8-10-36(63)55-44(32)64/h5-7,9,23-24,26-27,29,32,42,56H,3-4,8,10-22,25H2,1-2H3,(H,53,54,57)(H,55,63,64)/t32?,42-/m0/s1. The van der Waals surface area contributed by atoms with Gasteiger partial charge in [0.2, 0.25) is 23.5 Å². The Morgan fingerprint density at radius 1 is 0.909 bits per heavy atom. The quantitative estimate of drug-likeness (QED) is 0.137. The summed E-state index contributed by atoms with van der Waals surface area (Å²) in [6.45, 7) is 2.65. The van der Waals surface area contributed by atoms with Crippen LogP contribution in [0.5, 0.6) is 5.75 Å². The molecule has 7 heterocycles. The Morgan fingerprint density at radius 3 is 2.39 bits per heavy atom. The lowest BCUT2D eigenvalue weighted by molar-refractivity contribution is -0.134. The van der Waals surface area contributed by atoms with Crippen molar-refractivity contribution in [1.82, 2.24) is 34.5 Å². The number of ether oxygens (including phenoxy) is 1. The summed E-state index contributed by atoms with van der Waals surface area (Å²) in [6.07, 6.45) is 12.1. The van der Waals surface area contributed by atoms with Crippen LogP contribution in [-0.2, 0) is 23.7 Å². The van der Waals surface area contributed by atoms with Crippen LogP contribution in [0.2, 0.25) is 5.02 Å². The van der Waals surface area contributed by atoms with Crippen molar-refractivity contribution < 1.29 is 27.5 Å². The first-order valence-corrected chi connectivity index (χ1v) is 23.8. The maximum absolute atomic E-state index is 16.3. The SMILES string of the molecule is Cn1nc(C2CCC(=O)NC2=O)c2ccc(C3CCN(C4CCC5(CC4)CCN(c4ncc(Cl)c(Nc6ccc7c(c6)c6c(c(=O)n7C)OCC(F)(F)[C@H](C7CC7)N6)n4)CC5)CC3)c(F)c21. The molecular formula is C48H54ClF3N10O4. The summed E-state index contributed by atoms with van der Waals surface area (Å²) in [5.74, 6) is -3.81. The topological polar surface area (TPSA) is 152 Å². The van der Waals surface area contributed by atoms with E-state index in [1.54, 1.807) is 31.0 Å². The smallest absolute Gasteiger partial charge is 0.301 e. The Hall–Kier alpha value is -5.42. The van der Waals surface area contributed by atoms with Crippen molar-refractivity contribution in [3.8, 4) is 5.75 Å². The Bertz CT molecular complexity index is 2820. The van der Waals surface area contributed by atoms with Gasteiger partial charge in [0, 0.05) is 56.1 Å². The second kappa shape index (κ2) is 16.4. The number of hydrogen-bond donors (Lipinski definition) is 3. The van der Waals surface area contributed by atoms with Gasteiger partial charge in [-0.3, -0.25) is 24.4 Å². The molecule has 3 aromatic heterocycles. The van der Waals surface area contributed by atoms with Crippen LogP contribution in [0.1, 0.15) is 100 Å². The molecule has 3 N–H and O–H groups in total. The van der Waals surface area contributed by atoms with Gasteiger partial charge in [-0.1, -0.05) is 23.7 Å². The number of nitrogens with one attached hydrogen (secondary N) is 3. The van der Waals surface area contributed by atoms with Crippen LogP contribution in [0.3, 0.4) is 0 Å². The van der Waals surface area contributed by atoms with Crippen molar-refractivity contribution in [2.75, 3.05) is 48.3 Å². The van der Waals surface area contributed by atoms with Gasteiger partial charge in [0.15, 0.2) is 18.2 Å². The fourth-order valence-corrected chi connectivity index (χ4v) is 11.9. The average molecular weight is 927 g/mol. The monoisotopic (exact) mass is 926 g/mol. The second-order valence-corrected chi connectivity index (χ2v) is 20.1. The molecule has 2 aliphatic carbocycles. The second-order valence-electron chi connectivity index (χ2n) is 19.7. The number of piperidine rings is 3. The molecule has 2 saturated carbocycles. The molecule has 11 rings (SSSR count). The zero-order valence-corrected chi connectivity index (χ0v) is 37.9. The van der Waals surface area contributed by atoms with Crippen LogP contribution < -0.4 is 31.1 Å². The minimum Gasteiger partial charge on any atom is -0.480 e. The summed E-state index contributed by atoms with van der Waals surface area (Å²) < 4.78 is 55.2. The van der Waals surface area contributed by atoms with E-state index >= 15 is 13.2 Å². The number of rotatable bonds is 7. The average Bonchev–Trinajstić information content (AvgIpc) is 4.11. The molecule has 6 aliphatic rings. The minimum atomic E-state index is -3.13. The highest BCUT2D eigenvalue weighted by molar-refractivity contribution is 6.33. The number of anilines is 4. The molecule has 2 aromatic carbocycles. The lowest BCUT2D eigenvalue weighted by Gasteiger charge is -2.48. The molecule has 2 atom stereocenters. The number of likely N-dealkylation sites (tertiary alicyclic amines) is 1. The minimum absolute atomic E-state index is 0.106. The van der Waals surface area contributed by atoms with Crippen LogP contribution in [-0.4, -0.2) is 91.8 Å². The van der Waals surface area contributed by atoms with Crippen molar-refractivity contribution in [3.05, 3.63) is 69.0 Å². The van der Waals surface area contributed by atoms with Gasteiger partial charge in [0.05, 0.1) is 35.1 Å². The predicted octanol–water partition coefficient (Wildman–Crippen LogP) is 7.90. The van der Waals surface area contributed by atoms with Gasteiger partial charge < -0.3 is 29.7 Å². The van der Waals surface area contributed by atoms with Gasteiger partial charge >= 0.3 is 5.92 Å². The van der Waals surface area contributed by atoms with Crippen molar-refractivity contribution in [3.63, 3.8) is 0 Å².